The molecule has 0 aliphatic heterocycles. The van der Waals surface area contributed by atoms with Gasteiger partial charge in [-0.25, -0.2) is 9.97 Å². The lowest BCUT2D eigenvalue weighted by Crippen LogP contribution is -2.10. The van der Waals surface area contributed by atoms with Gasteiger partial charge in [0.1, 0.15) is 5.82 Å². The second-order valence-corrected chi connectivity index (χ2v) is 5.19. The van der Waals surface area contributed by atoms with Gasteiger partial charge in [0.15, 0.2) is 5.82 Å². The van der Waals surface area contributed by atoms with Crippen molar-refractivity contribution in [1.82, 2.24) is 25.1 Å². The highest BCUT2D eigenvalue weighted by Crippen LogP contribution is 2.17. The molecule has 0 saturated heterocycles. The second-order valence-electron chi connectivity index (χ2n) is 5.19. The van der Waals surface area contributed by atoms with Crippen molar-refractivity contribution in [3.8, 4) is 11.4 Å². The number of aromatic nitrogens is 5. The maximum atomic E-state index is 5.18. The van der Waals surface area contributed by atoms with Crippen LogP contribution in [0.2, 0.25) is 0 Å². The normalized spacial score (nSPS) is 10.6. The summed E-state index contributed by atoms with van der Waals surface area (Å²) in [7, 11) is 3.72. The molecule has 0 atom stereocenters. The van der Waals surface area contributed by atoms with Crippen LogP contribution >= 0.6 is 0 Å². The Morgan fingerprint density at radius 3 is 2.61 bits per heavy atom. The Kier molecular flexibility index (Phi) is 4.13. The molecule has 3 heterocycles. The predicted octanol–water partition coefficient (Wildman–Crippen LogP) is 1.91. The van der Waals surface area contributed by atoms with Crippen LogP contribution < -0.4 is 10.2 Å². The number of pyridine rings is 1. The average Bonchev–Trinajstić information content (AvgIpc) is 3.03. The van der Waals surface area contributed by atoms with Crippen molar-refractivity contribution < 1.29 is 4.52 Å². The molecular weight excluding hydrogens is 294 g/mol. The van der Waals surface area contributed by atoms with E-state index < -0.39 is 0 Å². The van der Waals surface area contributed by atoms with Gasteiger partial charge in [-0.05, 0) is 24.2 Å². The second kappa shape index (κ2) is 6.39. The molecule has 0 radical (unpaired) electrons. The summed E-state index contributed by atoms with van der Waals surface area (Å²) in [5.74, 6) is 2.39. The number of aryl methyl sites for hydroxylation is 1. The summed E-state index contributed by atoms with van der Waals surface area (Å²) in [6.45, 7) is 2.32. The summed E-state index contributed by atoms with van der Waals surface area (Å²) in [4.78, 5) is 19.0. The Hall–Kier alpha value is -3.03. The molecule has 0 unspecified atom stereocenters. The van der Waals surface area contributed by atoms with Gasteiger partial charge >= 0.3 is 0 Å². The van der Waals surface area contributed by atoms with Crippen LogP contribution in [-0.4, -0.2) is 39.2 Å². The summed E-state index contributed by atoms with van der Waals surface area (Å²) < 4.78 is 5.18. The van der Waals surface area contributed by atoms with E-state index in [2.05, 4.69) is 30.4 Å². The van der Waals surface area contributed by atoms with Crippen LogP contribution in [-0.2, 0) is 6.54 Å². The third-order valence-corrected chi connectivity index (χ3v) is 3.07. The Labute approximate surface area is 133 Å². The van der Waals surface area contributed by atoms with Crippen LogP contribution in [0.4, 0.5) is 11.8 Å². The van der Waals surface area contributed by atoms with Crippen molar-refractivity contribution in [2.75, 3.05) is 24.3 Å². The Morgan fingerprint density at radius 1 is 1.13 bits per heavy atom. The summed E-state index contributed by atoms with van der Waals surface area (Å²) in [6, 6.07) is 5.62. The van der Waals surface area contributed by atoms with Gasteiger partial charge in [0, 0.05) is 43.8 Å². The highest BCUT2D eigenvalue weighted by molar-refractivity contribution is 5.56. The lowest BCUT2D eigenvalue weighted by molar-refractivity contribution is 0.383. The van der Waals surface area contributed by atoms with Crippen LogP contribution in [0.5, 0.6) is 0 Å². The molecule has 3 rings (SSSR count). The van der Waals surface area contributed by atoms with E-state index in [4.69, 9.17) is 4.52 Å². The number of nitrogens with one attached hydrogen (secondary N) is 1. The summed E-state index contributed by atoms with van der Waals surface area (Å²) >= 11 is 0. The molecule has 3 aromatic heterocycles. The fourth-order valence-corrected chi connectivity index (χ4v) is 1.95. The van der Waals surface area contributed by atoms with Gasteiger partial charge in [-0.3, -0.25) is 4.98 Å². The predicted molar refractivity (Wildman–Crippen MR) is 86.0 cm³/mol. The first-order chi connectivity index (χ1) is 11.1. The lowest BCUT2D eigenvalue weighted by atomic mass is 10.2. The first-order valence-corrected chi connectivity index (χ1v) is 7.11. The fraction of sp³-hybridized carbons (Fsp3) is 0.267. The Morgan fingerprint density at radius 2 is 1.91 bits per heavy atom. The average molecular weight is 311 g/mol. The minimum Gasteiger partial charge on any atom is -0.361 e. The van der Waals surface area contributed by atoms with E-state index >= 15 is 0 Å². The van der Waals surface area contributed by atoms with Crippen molar-refractivity contribution in [3.63, 3.8) is 0 Å². The monoisotopic (exact) mass is 311 g/mol. The molecule has 23 heavy (non-hydrogen) atoms. The summed E-state index contributed by atoms with van der Waals surface area (Å²) in [5, 5.41) is 7.05. The van der Waals surface area contributed by atoms with E-state index in [0.29, 0.717) is 30.0 Å². The van der Waals surface area contributed by atoms with E-state index in [-0.39, 0.29) is 0 Å². The zero-order chi connectivity index (χ0) is 16.2. The van der Waals surface area contributed by atoms with Crippen molar-refractivity contribution in [2.24, 2.45) is 0 Å². The van der Waals surface area contributed by atoms with Crippen molar-refractivity contribution in [2.45, 2.75) is 13.5 Å². The molecule has 1 N–H and O–H groups in total. The van der Waals surface area contributed by atoms with Crippen LogP contribution in [0.1, 0.15) is 11.6 Å². The Bertz CT molecular complexity index is 786. The van der Waals surface area contributed by atoms with E-state index in [1.807, 2.05) is 39.2 Å². The quantitative estimate of drug-likeness (QED) is 0.764. The molecule has 0 aliphatic rings. The number of nitrogens with zero attached hydrogens (tertiary/aromatic N) is 6. The first-order valence-electron chi connectivity index (χ1n) is 7.11. The van der Waals surface area contributed by atoms with Gasteiger partial charge in [-0.15, -0.1) is 0 Å². The van der Waals surface area contributed by atoms with Crippen LogP contribution in [0, 0.1) is 6.92 Å². The zero-order valence-electron chi connectivity index (χ0n) is 13.2. The molecular formula is C15H17N7O. The molecule has 0 aromatic carbocycles. The largest absolute Gasteiger partial charge is 0.361 e. The van der Waals surface area contributed by atoms with Crippen molar-refractivity contribution in [1.29, 1.82) is 0 Å². The zero-order valence-corrected chi connectivity index (χ0v) is 13.2. The van der Waals surface area contributed by atoms with E-state index in [0.717, 1.165) is 11.3 Å². The number of rotatable bonds is 5. The van der Waals surface area contributed by atoms with E-state index in [1.165, 1.54) is 0 Å². The van der Waals surface area contributed by atoms with Gasteiger partial charge < -0.3 is 14.7 Å². The molecule has 0 amide bonds. The highest BCUT2D eigenvalue weighted by atomic mass is 16.5. The fourth-order valence-electron chi connectivity index (χ4n) is 1.95. The van der Waals surface area contributed by atoms with Gasteiger partial charge in [0.05, 0.1) is 6.54 Å². The van der Waals surface area contributed by atoms with E-state index in [1.54, 1.807) is 17.3 Å². The molecule has 3 aromatic rings. The minimum absolute atomic E-state index is 0.396. The Balaban J connectivity index is 1.76. The summed E-state index contributed by atoms with van der Waals surface area (Å²) in [5.41, 5.74) is 1.79. The van der Waals surface area contributed by atoms with Gasteiger partial charge in [-0.2, -0.15) is 4.98 Å². The molecule has 0 bridgehead atoms. The molecule has 118 valence electrons. The highest BCUT2D eigenvalue weighted by Gasteiger charge is 2.09. The van der Waals surface area contributed by atoms with Crippen LogP contribution in [0.25, 0.3) is 11.4 Å². The maximum absolute atomic E-state index is 5.18. The smallest absolute Gasteiger partial charge is 0.265 e. The number of hydrogen-bond acceptors (Lipinski definition) is 8. The molecule has 8 heteroatoms. The molecule has 0 saturated carbocycles. The first kappa shape index (κ1) is 14.9. The molecule has 8 nitrogen and oxygen atoms in total. The van der Waals surface area contributed by atoms with Gasteiger partial charge in [-0.1, -0.05) is 0 Å². The van der Waals surface area contributed by atoms with Gasteiger partial charge in [0.25, 0.3) is 5.95 Å². The summed E-state index contributed by atoms with van der Waals surface area (Å²) in [6.07, 6.45) is 3.44. The maximum Gasteiger partial charge on any atom is 0.265 e. The minimum atomic E-state index is 0.396. The third-order valence-electron chi connectivity index (χ3n) is 3.07. The van der Waals surface area contributed by atoms with Gasteiger partial charge in [0.2, 0.25) is 5.89 Å². The van der Waals surface area contributed by atoms with Crippen molar-refractivity contribution in [3.05, 3.63) is 42.2 Å². The lowest BCUT2D eigenvalue weighted by Gasteiger charge is -2.07. The van der Waals surface area contributed by atoms with E-state index in [9.17, 15) is 0 Å². The SMILES string of the molecule is Cc1cc(NCc2nc(N(C)C)no2)nc(-c2ccncc2)n1. The number of hydrogen-bond donors (Lipinski definition) is 1. The van der Waals surface area contributed by atoms with Crippen LogP contribution in [0.15, 0.2) is 35.1 Å². The van der Waals surface area contributed by atoms with Crippen molar-refractivity contribution >= 4 is 11.8 Å². The van der Waals surface area contributed by atoms with Crippen LogP contribution in [0.3, 0.4) is 0 Å². The molecule has 0 spiro atoms. The number of anilines is 2. The standard InChI is InChI=1S/C15H17N7O/c1-10-8-12(17-9-13-20-15(21-23-13)22(2)3)19-14(18-10)11-4-6-16-7-5-11/h4-8H,9H2,1-3H3,(H,17,18,19). The molecule has 0 fully saturated rings. The topological polar surface area (TPSA) is 92.9 Å². The molecule has 0 aliphatic carbocycles. The third kappa shape index (κ3) is 3.60.